The van der Waals surface area contributed by atoms with Crippen LogP contribution in [0, 0.1) is 0 Å². The number of hydrogen-bond donors (Lipinski definition) is 1. The zero-order valence-corrected chi connectivity index (χ0v) is 11.9. The Labute approximate surface area is 124 Å². The Bertz CT molecular complexity index is 688. The van der Waals surface area contributed by atoms with Crippen LogP contribution in [0.1, 0.15) is 5.56 Å². The summed E-state index contributed by atoms with van der Waals surface area (Å²) in [7, 11) is 1.67. The Hall–Kier alpha value is -2.68. The minimum atomic E-state index is 0.752. The van der Waals surface area contributed by atoms with Gasteiger partial charge in [-0.25, -0.2) is 0 Å². The molecule has 0 aliphatic heterocycles. The predicted octanol–water partition coefficient (Wildman–Crippen LogP) is 4.57. The van der Waals surface area contributed by atoms with E-state index in [1.165, 1.54) is 5.56 Å². The van der Waals surface area contributed by atoms with Crippen molar-refractivity contribution >= 4 is 5.69 Å². The predicted molar refractivity (Wildman–Crippen MR) is 84.5 cm³/mol. The molecule has 0 fully saturated rings. The minimum absolute atomic E-state index is 0.752. The summed E-state index contributed by atoms with van der Waals surface area (Å²) in [6.07, 6.45) is 1.69. The lowest BCUT2D eigenvalue weighted by molar-refractivity contribution is 0.414. The first-order valence-corrected chi connectivity index (χ1v) is 6.86. The van der Waals surface area contributed by atoms with Crippen LogP contribution in [0.3, 0.4) is 0 Å². The van der Waals surface area contributed by atoms with E-state index in [2.05, 4.69) is 29.6 Å². The molecule has 0 bridgehead atoms. The molecule has 0 saturated heterocycles. The third kappa shape index (κ3) is 3.08. The molecular formula is C18H17NO2. The quantitative estimate of drug-likeness (QED) is 0.743. The van der Waals surface area contributed by atoms with E-state index in [-0.39, 0.29) is 0 Å². The molecule has 0 atom stereocenters. The summed E-state index contributed by atoms with van der Waals surface area (Å²) >= 11 is 0. The Morgan fingerprint density at radius 3 is 2.48 bits per heavy atom. The van der Waals surface area contributed by atoms with Gasteiger partial charge in [-0.2, -0.15) is 0 Å². The highest BCUT2D eigenvalue weighted by Gasteiger charge is 2.06. The number of rotatable bonds is 5. The summed E-state index contributed by atoms with van der Waals surface area (Å²) < 4.78 is 10.7. The second-order valence-corrected chi connectivity index (χ2v) is 4.72. The molecule has 0 aliphatic rings. The Morgan fingerprint density at radius 1 is 0.952 bits per heavy atom. The Kier molecular flexibility index (Phi) is 3.92. The largest absolute Gasteiger partial charge is 0.497 e. The second kappa shape index (κ2) is 6.18. The lowest BCUT2D eigenvalue weighted by atomic mass is 10.1. The molecule has 3 nitrogen and oxygen atoms in total. The van der Waals surface area contributed by atoms with Gasteiger partial charge in [0, 0.05) is 17.8 Å². The zero-order chi connectivity index (χ0) is 14.5. The van der Waals surface area contributed by atoms with E-state index >= 15 is 0 Å². The van der Waals surface area contributed by atoms with Crippen LogP contribution < -0.4 is 10.1 Å². The normalized spacial score (nSPS) is 10.3. The Balaban J connectivity index is 1.76. The van der Waals surface area contributed by atoms with Crippen molar-refractivity contribution in [3.05, 3.63) is 72.5 Å². The molecule has 1 heterocycles. The van der Waals surface area contributed by atoms with Crippen molar-refractivity contribution < 1.29 is 9.15 Å². The van der Waals surface area contributed by atoms with Gasteiger partial charge in [0.2, 0.25) is 0 Å². The molecule has 0 amide bonds. The maximum Gasteiger partial charge on any atom is 0.135 e. The number of para-hydroxylation sites is 1. The zero-order valence-electron chi connectivity index (χ0n) is 11.9. The number of furan rings is 1. The number of anilines is 1. The van der Waals surface area contributed by atoms with Crippen LogP contribution in [0.15, 0.2) is 71.3 Å². The highest BCUT2D eigenvalue weighted by molar-refractivity contribution is 5.74. The van der Waals surface area contributed by atoms with E-state index in [0.717, 1.165) is 29.3 Å². The molecule has 21 heavy (non-hydrogen) atoms. The molecule has 0 radical (unpaired) electrons. The van der Waals surface area contributed by atoms with Crippen molar-refractivity contribution in [2.75, 3.05) is 12.4 Å². The highest BCUT2D eigenvalue weighted by Crippen LogP contribution is 2.28. The maximum atomic E-state index is 5.49. The molecule has 0 spiro atoms. The third-order valence-electron chi connectivity index (χ3n) is 3.36. The third-order valence-corrected chi connectivity index (χ3v) is 3.36. The first kappa shape index (κ1) is 13.3. The molecule has 3 aromatic rings. The SMILES string of the molecule is COc1ccc(CNc2ccccc2-c2ccco2)cc1. The summed E-state index contributed by atoms with van der Waals surface area (Å²) in [5, 5.41) is 3.45. The molecule has 1 N–H and O–H groups in total. The van der Waals surface area contributed by atoms with E-state index in [1.54, 1.807) is 13.4 Å². The molecule has 3 heteroatoms. The number of nitrogens with one attached hydrogen (secondary N) is 1. The fourth-order valence-electron chi connectivity index (χ4n) is 2.22. The molecule has 3 rings (SSSR count). The van der Waals surface area contributed by atoms with E-state index in [1.807, 2.05) is 36.4 Å². The monoisotopic (exact) mass is 279 g/mol. The van der Waals surface area contributed by atoms with Crippen LogP contribution in [0.5, 0.6) is 5.75 Å². The van der Waals surface area contributed by atoms with Crippen LogP contribution >= 0.6 is 0 Å². The van der Waals surface area contributed by atoms with Gasteiger partial charge in [-0.05, 0) is 42.0 Å². The Morgan fingerprint density at radius 2 is 1.76 bits per heavy atom. The molecule has 0 saturated carbocycles. The van der Waals surface area contributed by atoms with Crippen LogP contribution in [-0.2, 0) is 6.54 Å². The highest BCUT2D eigenvalue weighted by atomic mass is 16.5. The van der Waals surface area contributed by atoms with Gasteiger partial charge in [-0.3, -0.25) is 0 Å². The van der Waals surface area contributed by atoms with E-state index in [0.29, 0.717) is 0 Å². The average Bonchev–Trinajstić information content (AvgIpc) is 3.08. The van der Waals surface area contributed by atoms with Gasteiger partial charge in [-0.1, -0.05) is 24.3 Å². The second-order valence-electron chi connectivity index (χ2n) is 4.72. The summed E-state index contributed by atoms with van der Waals surface area (Å²) in [6.45, 7) is 0.752. The van der Waals surface area contributed by atoms with Gasteiger partial charge in [0.15, 0.2) is 0 Å². The lowest BCUT2D eigenvalue weighted by Crippen LogP contribution is -2.00. The first-order chi connectivity index (χ1) is 10.4. The molecule has 2 aromatic carbocycles. The minimum Gasteiger partial charge on any atom is -0.497 e. The van der Waals surface area contributed by atoms with Gasteiger partial charge < -0.3 is 14.5 Å². The maximum absolute atomic E-state index is 5.49. The van der Waals surface area contributed by atoms with Gasteiger partial charge in [0.1, 0.15) is 11.5 Å². The van der Waals surface area contributed by atoms with Crippen LogP contribution in [0.4, 0.5) is 5.69 Å². The van der Waals surface area contributed by atoms with Crippen molar-refractivity contribution in [1.82, 2.24) is 0 Å². The van der Waals surface area contributed by atoms with Crippen LogP contribution in [0.2, 0.25) is 0 Å². The summed E-state index contributed by atoms with van der Waals surface area (Å²) in [4.78, 5) is 0. The van der Waals surface area contributed by atoms with Crippen molar-refractivity contribution in [3.8, 4) is 17.1 Å². The summed E-state index contributed by atoms with van der Waals surface area (Å²) in [5.41, 5.74) is 3.32. The van der Waals surface area contributed by atoms with E-state index < -0.39 is 0 Å². The van der Waals surface area contributed by atoms with Crippen LogP contribution in [-0.4, -0.2) is 7.11 Å². The fourth-order valence-corrected chi connectivity index (χ4v) is 2.22. The molecule has 0 aliphatic carbocycles. The number of hydrogen-bond acceptors (Lipinski definition) is 3. The number of benzene rings is 2. The fraction of sp³-hybridized carbons (Fsp3) is 0.111. The van der Waals surface area contributed by atoms with Crippen molar-refractivity contribution in [2.24, 2.45) is 0 Å². The van der Waals surface area contributed by atoms with Gasteiger partial charge in [0.05, 0.1) is 13.4 Å². The van der Waals surface area contributed by atoms with Crippen LogP contribution in [0.25, 0.3) is 11.3 Å². The molecule has 0 unspecified atom stereocenters. The summed E-state index contributed by atoms with van der Waals surface area (Å²) in [5.74, 6) is 1.74. The lowest BCUT2D eigenvalue weighted by Gasteiger charge is -2.11. The van der Waals surface area contributed by atoms with Crippen molar-refractivity contribution in [3.63, 3.8) is 0 Å². The van der Waals surface area contributed by atoms with Crippen molar-refractivity contribution in [2.45, 2.75) is 6.54 Å². The standard InChI is InChI=1S/C18H17NO2/c1-20-15-10-8-14(9-11-15)13-19-17-6-3-2-5-16(17)18-7-4-12-21-18/h2-12,19H,13H2,1H3. The van der Waals surface area contributed by atoms with Gasteiger partial charge >= 0.3 is 0 Å². The molecule has 1 aromatic heterocycles. The van der Waals surface area contributed by atoms with Gasteiger partial charge in [0.25, 0.3) is 0 Å². The van der Waals surface area contributed by atoms with E-state index in [9.17, 15) is 0 Å². The number of ether oxygens (including phenoxy) is 1. The molecule has 106 valence electrons. The van der Waals surface area contributed by atoms with Crippen molar-refractivity contribution in [1.29, 1.82) is 0 Å². The number of methoxy groups -OCH3 is 1. The first-order valence-electron chi connectivity index (χ1n) is 6.86. The topological polar surface area (TPSA) is 34.4 Å². The van der Waals surface area contributed by atoms with E-state index in [4.69, 9.17) is 9.15 Å². The molecular weight excluding hydrogens is 262 g/mol. The smallest absolute Gasteiger partial charge is 0.135 e. The van der Waals surface area contributed by atoms with Gasteiger partial charge in [-0.15, -0.1) is 0 Å². The average molecular weight is 279 g/mol. The summed E-state index contributed by atoms with van der Waals surface area (Å²) in [6, 6.07) is 20.0.